The van der Waals surface area contributed by atoms with Crippen molar-refractivity contribution in [2.75, 3.05) is 5.73 Å². The Labute approximate surface area is 114 Å². The fourth-order valence-electron chi connectivity index (χ4n) is 2.36. The number of nitrogen functional groups attached to an aromatic ring is 1. The first-order valence-electron chi connectivity index (χ1n) is 5.87. The number of nitrogens with two attached hydrogens (primary N) is 2. The van der Waals surface area contributed by atoms with Gasteiger partial charge >= 0.3 is 0 Å². The Bertz CT molecular complexity index is 836. The van der Waals surface area contributed by atoms with Crippen LogP contribution in [0.5, 0.6) is 0 Å². The van der Waals surface area contributed by atoms with Crippen LogP contribution in [0.15, 0.2) is 18.2 Å². The summed E-state index contributed by atoms with van der Waals surface area (Å²) in [7, 11) is 0. The molecule has 3 aromatic rings. The number of anilines is 1. The Balaban J connectivity index is 2.45. The molecule has 0 fully saturated rings. The van der Waals surface area contributed by atoms with Crippen LogP contribution < -0.4 is 11.5 Å². The van der Waals surface area contributed by atoms with E-state index in [2.05, 4.69) is 17.1 Å². The minimum Gasteiger partial charge on any atom is -0.397 e. The number of hydrogen-bond donors (Lipinski definition) is 2. The zero-order valence-electron chi connectivity index (χ0n) is 10.7. The summed E-state index contributed by atoms with van der Waals surface area (Å²) in [6.45, 7) is 4.07. The predicted octanol–water partition coefficient (Wildman–Crippen LogP) is 2.75. The first-order valence-corrected chi connectivity index (χ1v) is 6.69. The van der Waals surface area contributed by atoms with Crippen molar-refractivity contribution in [3.63, 3.8) is 0 Å². The molecule has 0 radical (unpaired) electrons. The molecule has 19 heavy (non-hydrogen) atoms. The number of pyridine rings is 1. The summed E-state index contributed by atoms with van der Waals surface area (Å²) in [4.78, 5) is 17.1. The maximum Gasteiger partial charge on any atom is 0.260 e. The average Bonchev–Trinajstić information content (AvgIpc) is 2.65. The lowest BCUT2D eigenvalue weighted by atomic mass is 10.1. The van der Waals surface area contributed by atoms with E-state index in [4.69, 9.17) is 11.5 Å². The molecule has 0 atom stereocenters. The number of aromatic nitrogens is 1. The Morgan fingerprint density at radius 1 is 1.26 bits per heavy atom. The molecule has 1 aromatic carbocycles. The molecule has 2 aromatic heterocycles. The Morgan fingerprint density at radius 3 is 2.68 bits per heavy atom. The van der Waals surface area contributed by atoms with Crippen molar-refractivity contribution in [3.8, 4) is 0 Å². The van der Waals surface area contributed by atoms with Gasteiger partial charge in [0.25, 0.3) is 5.91 Å². The van der Waals surface area contributed by atoms with Gasteiger partial charge in [-0.3, -0.25) is 4.79 Å². The smallest absolute Gasteiger partial charge is 0.260 e. The fourth-order valence-corrected chi connectivity index (χ4v) is 3.29. The van der Waals surface area contributed by atoms with Crippen LogP contribution in [0, 0.1) is 13.8 Å². The molecule has 4 nitrogen and oxygen atoms in total. The number of benzene rings is 1. The van der Waals surface area contributed by atoms with Crippen LogP contribution in [-0.2, 0) is 0 Å². The third-order valence-corrected chi connectivity index (χ3v) is 4.31. The summed E-state index contributed by atoms with van der Waals surface area (Å²) in [5.41, 5.74) is 15.0. The minimum atomic E-state index is -0.502. The van der Waals surface area contributed by atoms with E-state index in [1.807, 2.05) is 19.9 Å². The first kappa shape index (κ1) is 11.9. The van der Waals surface area contributed by atoms with E-state index in [0.717, 1.165) is 26.7 Å². The summed E-state index contributed by atoms with van der Waals surface area (Å²) in [6.07, 6.45) is 0. The number of hydrogen-bond acceptors (Lipinski definition) is 4. The van der Waals surface area contributed by atoms with Crippen molar-refractivity contribution in [2.45, 2.75) is 13.8 Å². The van der Waals surface area contributed by atoms with Gasteiger partial charge in [0.2, 0.25) is 0 Å². The number of aryl methyl sites for hydroxylation is 2. The molecule has 1 amide bonds. The van der Waals surface area contributed by atoms with Crippen LogP contribution in [0.1, 0.15) is 20.8 Å². The number of fused-ring (bicyclic) bond motifs is 2. The van der Waals surface area contributed by atoms with Gasteiger partial charge in [-0.15, -0.1) is 11.3 Å². The number of amides is 1. The normalized spacial score (nSPS) is 11.3. The third kappa shape index (κ3) is 1.74. The van der Waals surface area contributed by atoms with E-state index < -0.39 is 5.91 Å². The zero-order valence-corrected chi connectivity index (χ0v) is 11.5. The number of nitrogens with zero attached hydrogens (tertiary/aromatic N) is 1. The molecule has 0 aliphatic carbocycles. The lowest BCUT2D eigenvalue weighted by Gasteiger charge is -2.04. The van der Waals surface area contributed by atoms with E-state index in [-0.39, 0.29) is 0 Å². The molecule has 96 valence electrons. The summed E-state index contributed by atoms with van der Waals surface area (Å²) in [5, 5.41) is 1.84. The Morgan fingerprint density at radius 2 is 2.00 bits per heavy atom. The molecule has 3 rings (SSSR count). The van der Waals surface area contributed by atoms with E-state index in [1.54, 1.807) is 0 Å². The highest BCUT2D eigenvalue weighted by Crippen LogP contribution is 2.35. The van der Waals surface area contributed by atoms with Gasteiger partial charge in [0.05, 0.1) is 11.2 Å². The van der Waals surface area contributed by atoms with Gasteiger partial charge in [-0.25, -0.2) is 4.98 Å². The van der Waals surface area contributed by atoms with E-state index in [9.17, 15) is 4.79 Å². The van der Waals surface area contributed by atoms with Crippen LogP contribution in [0.2, 0.25) is 0 Å². The largest absolute Gasteiger partial charge is 0.397 e. The molecule has 0 bridgehead atoms. The van der Waals surface area contributed by atoms with Gasteiger partial charge in [-0.1, -0.05) is 11.6 Å². The first-order chi connectivity index (χ1) is 8.97. The molecule has 0 spiro atoms. The van der Waals surface area contributed by atoms with Crippen LogP contribution >= 0.6 is 11.3 Å². The average molecular weight is 271 g/mol. The number of primary amides is 1. The second-order valence-corrected chi connectivity index (χ2v) is 5.70. The minimum absolute atomic E-state index is 0.382. The molecular formula is C14H13N3OS. The molecule has 0 saturated heterocycles. The zero-order chi connectivity index (χ0) is 13.7. The highest BCUT2D eigenvalue weighted by Gasteiger charge is 2.15. The van der Waals surface area contributed by atoms with Crippen LogP contribution in [0.3, 0.4) is 0 Å². The van der Waals surface area contributed by atoms with Crippen molar-refractivity contribution < 1.29 is 4.79 Å². The molecule has 4 N–H and O–H groups in total. The quantitative estimate of drug-likeness (QED) is 0.714. The SMILES string of the molecule is Cc1cc(C)c2nc3sc(C(N)=O)c(N)c3cc2c1. The van der Waals surface area contributed by atoms with Crippen molar-refractivity contribution in [1.82, 2.24) is 4.98 Å². The summed E-state index contributed by atoms with van der Waals surface area (Å²) < 4.78 is 0. The van der Waals surface area contributed by atoms with E-state index >= 15 is 0 Å². The summed E-state index contributed by atoms with van der Waals surface area (Å²) in [6, 6.07) is 6.14. The number of carbonyl (C=O) groups excluding carboxylic acids is 1. The second-order valence-electron chi connectivity index (χ2n) is 4.70. The number of carbonyl (C=O) groups is 1. The molecule has 0 aliphatic rings. The standard InChI is InChI=1S/C14H13N3OS/c1-6-3-7(2)11-8(4-6)5-9-10(15)12(13(16)18)19-14(9)17-11/h3-5H,15H2,1-2H3,(H2,16,18). The van der Waals surface area contributed by atoms with Crippen molar-refractivity contribution in [2.24, 2.45) is 5.73 Å². The Kier molecular flexibility index (Phi) is 2.46. The third-order valence-electron chi connectivity index (χ3n) is 3.18. The van der Waals surface area contributed by atoms with Gasteiger partial charge in [-0.2, -0.15) is 0 Å². The maximum atomic E-state index is 11.3. The van der Waals surface area contributed by atoms with Crippen LogP contribution in [0.4, 0.5) is 5.69 Å². The van der Waals surface area contributed by atoms with Gasteiger partial charge < -0.3 is 11.5 Å². The van der Waals surface area contributed by atoms with Crippen LogP contribution in [-0.4, -0.2) is 10.9 Å². The highest BCUT2D eigenvalue weighted by atomic mass is 32.1. The van der Waals surface area contributed by atoms with Crippen molar-refractivity contribution >= 4 is 44.1 Å². The molecule has 2 heterocycles. The molecule has 0 saturated carbocycles. The van der Waals surface area contributed by atoms with E-state index in [1.165, 1.54) is 16.9 Å². The maximum absolute atomic E-state index is 11.3. The topological polar surface area (TPSA) is 82.0 Å². The monoisotopic (exact) mass is 271 g/mol. The molecule has 5 heteroatoms. The van der Waals surface area contributed by atoms with Crippen LogP contribution in [0.25, 0.3) is 21.1 Å². The van der Waals surface area contributed by atoms with Crippen molar-refractivity contribution in [3.05, 3.63) is 34.2 Å². The van der Waals surface area contributed by atoms with Gasteiger partial charge in [0.1, 0.15) is 9.71 Å². The molecular weight excluding hydrogens is 258 g/mol. The van der Waals surface area contributed by atoms with Gasteiger partial charge in [0, 0.05) is 10.8 Å². The van der Waals surface area contributed by atoms with E-state index in [0.29, 0.717) is 10.6 Å². The van der Waals surface area contributed by atoms with Crippen molar-refractivity contribution in [1.29, 1.82) is 0 Å². The predicted molar refractivity (Wildman–Crippen MR) is 79.5 cm³/mol. The van der Waals surface area contributed by atoms with Gasteiger partial charge in [0.15, 0.2) is 0 Å². The lowest BCUT2D eigenvalue weighted by molar-refractivity contribution is 0.100. The number of thiophene rings is 1. The number of rotatable bonds is 1. The fraction of sp³-hybridized carbons (Fsp3) is 0.143. The molecule has 0 aliphatic heterocycles. The molecule has 0 unspecified atom stereocenters. The second kappa shape index (κ2) is 3.93. The van der Waals surface area contributed by atoms with Gasteiger partial charge in [-0.05, 0) is 31.5 Å². The highest BCUT2D eigenvalue weighted by molar-refractivity contribution is 7.21. The Hall–Kier alpha value is -2.14. The summed E-state index contributed by atoms with van der Waals surface area (Å²) in [5.74, 6) is -0.502. The lowest BCUT2D eigenvalue weighted by Crippen LogP contribution is -2.10. The summed E-state index contributed by atoms with van der Waals surface area (Å²) >= 11 is 1.25.